The third-order valence-electron chi connectivity index (χ3n) is 4.00. The molecular formula is C16H17NO2S. The number of ether oxygens (including phenoxy) is 1. The Morgan fingerprint density at radius 1 is 1.25 bits per heavy atom. The number of hydrogen-bond donors (Lipinski definition) is 0. The number of rotatable bonds is 4. The van der Waals surface area contributed by atoms with Crippen LogP contribution in [-0.2, 0) is 21.4 Å². The van der Waals surface area contributed by atoms with Crippen LogP contribution in [0.25, 0.3) is 0 Å². The van der Waals surface area contributed by atoms with E-state index in [4.69, 9.17) is 4.74 Å². The maximum absolute atomic E-state index is 12.9. The Kier molecular flexibility index (Phi) is 3.94. The normalized spacial score (nSPS) is 17.8. The number of ketones is 1. The molecule has 104 valence electrons. The molecule has 3 rings (SSSR count). The van der Waals surface area contributed by atoms with Crippen LogP contribution in [0.2, 0.25) is 0 Å². The quantitative estimate of drug-likeness (QED) is 0.867. The minimum absolute atomic E-state index is 0.266. The van der Waals surface area contributed by atoms with Gasteiger partial charge in [-0.3, -0.25) is 4.79 Å². The summed E-state index contributed by atoms with van der Waals surface area (Å²) in [5, 5.41) is 2.82. The predicted octanol–water partition coefficient (Wildman–Crippen LogP) is 3.00. The standard InChI is InChI=1S/C16H17NO2S/c18-14(12-15-17-8-11-20-15)16(6-9-19-10-7-16)13-4-2-1-3-5-13/h1-5,8,11H,6-7,9-10,12H2. The van der Waals surface area contributed by atoms with Gasteiger partial charge in [-0.2, -0.15) is 0 Å². The van der Waals surface area contributed by atoms with Crippen molar-refractivity contribution >= 4 is 17.1 Å². The Morgan fingerprint density at radius 2 is 2.00 bits per heavy atom. The van der Waals surface area contributed by atoms with Gasteiger partial charge in [0.25, 0.3) is 0 Å². The third-order valence-corrected chi connectivity index (χ3v) is 4.78. The van der Waals surface area contributed by atoms with Gasteiger partial charge in [-0.05, 0) is 18.4 Å². The summed E-state index contributed by atoms with van der Waals surface area (Å²) in [6.45, 7) is 1.30. The molecule has 0 bridgehead atoms. The van der Waals surface area contributed by atoms with Crippen molar-refractivity contribution in [3.05, 3.63) is 52.5 Å². The highest BCUT2D eigenvalue weighted by Crippen LogP contribution is 2.36. The number of aromatic nitrogens is 1. The van der Waals surface area contributed by atoms with Gasteiger partial charge in [0.2, 0.25) is 0 Å². The zero-order valence-electron chi connectivity index (χ0n) is 11.2. The molecule has 0 spiro atoms. The average molecular weight is 287 g/mol. The van der Waals surface area contributed by atoms with Gasteiger partial charge in [-0.15, -0.1) is 11.3 Å². The Labute approximate surface area is 122 Å². The van der Waals surface area contributed by atoms with Crippen molar-refractivity contribution in [2.75, 3.05) is 13.2 Å². The van der Waals surface area contributed by atoms with E-state index in [1.54, 1.807) is 17.5 Å². The monoisotopic (exact) mass is 287 g/mol. The second-order valence-electron chi connectivity index (χ2n) is 5.09. The van der Waals surface area contributed by atoms with Gasteiger partial charge in [-0.25, -0.2) is 4.98 Å². The summed E-state index contributed by atoms with van der Waals surface area (Å²) in [5.74, 6) is 0.266. The number of carbonyl (C=O) groups excluding carboxylic acids is 1. The smallest absolute Gasteiger partial charge is 0.150 e. The number of Topliss-reactive ketones (excluding diaryl/α,β-unsaturated/α-hetero) is 1. The van der Waals surface area contributed by atoms with Crippen molar-refractivity contribution in [1.29, 1.82) is 0 Å². The van der Waals surface area contributed by atoms with Crippen LogP contribution in [0.4, 0.5) is 0 Å². The Balaban J connectivity index is 1.91. The van der Waals surface area contributed by atoms with Gasteiger partial charge in [0.05, 0.1) is 16.8 Å². The van der Waals surface area contributed by atoms with Gasteiger partial charge >= 0.3 is 0 Å². The van der Waals surface area contributed by atoms with E-state index in [0.717, 1.165) is 23.4 Å². The Morgan fingerprint density at radius 3 is 2.65 bits per heavy atom. The van der Waals surface area contributed by atoms with Crippen LogP contribution < -0.4 is 0 Å². The molecule has 1 aromatic heterocycles. The second kappa shape index (κ2) is 5.85. The lowest BCUT2D eigenvalue weighted by atomic mass is 9.70. The van der Waals surface area contributed by atoms with Crippen molar-refractivity contribution in [2.24, 2.45) is 0 Å². The van der Waals surface area contributed by atoms with E-state index in [0.29, 0.717) is 19.6 Å². The molecule has 0 atom stereocenters. The lowest BCUT2D eigenvalue weighted by Gasteiger charge is -2.36. The molecule has 2 aromatic rings. The highest BCUT2D eigenvalue weighted by molar-refractivity contribution is 7.09. The van der Waals surface area contributed by atoms with Crippen molar-refractivity contribution in [2.45, 2.75) is 24.7 Å². The van der Waals surface area contributed by atoms with Crippen LogP contribution in [0.1, 0.15) is 23.4 Å². The molecular weight excluding hydrogens is 270 g/mol. The van der Waals surface area contributed by atoms with Gasteiger partial charge < -0.3 is 4.74 Å². The molecule has 0 N–H and O–H groups in total. The van der Waals surface area contributed by atoms with Gasteiger partial charge in [0.15, 0.2) is 0 Å². The van der Waals surface area contributed by atoms with Crippen molar-refractivity contribution in [3.8, 4) is 0 Å². The Hall–Kier alpha value is -1.52. The van der Waals surface area contributed by atoms with E-state index in [1.165, 1.54) is 0 Å². The number of nitrogens with zero attached hydrogens (tertiary/aromatic N) is 1. The maximum Gasteiger partial charge on any atom is 0.150 e. The fourth-order valence-electron chi connectivity index (χ4n) is 2.85. The molecule has 0 saturated carbocycles. The van der Waals surface area contributed by atoms with Crippen LogP contribution in [0.3, 0.4) is 0 Å². The third kappa shape index (κ3) is 2.53. The molecule has 3 nitrogen and oxygen atoms in total. The first-order valence-corrected chi connectivity index (χ1v) is 7.74. The zero-order chi connectivity index (χ0) is 13.8. The summed E-state index contributed by atoms with van der Waals surface area (Å²) in [6.07, 6.45) is 3.71. The predicted molar refractivity (Wildman–Crippen MR) is 79.0 cm³/mol. The molecule has 1 aromatic carbocycles. The number of thiazole rings is 1. The maximum atomic E-state index is 12.9. The SMILES string of the molecule is O=C(Cc1nccs1)C1(c2ccccc2)CCOCC1. The zero-order valence-corrected chi connectivity index (χ0v) is 12.1. The molecule has 1 aliphatic heterocycles. The van der Waals surface area contributed by atoms with Crippen LogP contribution in [0.5, 0.6) is 0 Å². The molecule has 4 heteroatoms. The highest BCUT2D eigenvalue weighted by Gasteiger charge is 2.41. The second-order valence-corrected chi connectivity index (χ2v) is 6.07. The van der Waals surface area contributed by atoms with Crippen molar-refractivity contribution in [1.82, 2.24) is 4.98 Å². The van der Waals surface area contributed by atoms with Crippen LogP contribution in [-0.4, -0.2) is 24.0 Å². The topological polar surface area (TPSA) is 39.2 Å². The van der Waals surface area contributed by atoms with Crippen molar-refractivity contribution in [3.63, 3.8) is 0 Å². The molecule has 0 aliphatic carbocycles. The molecule has 0 unspecified atom stereocenters. The molecule has 1 fully saturated rings. The summed E-state index contributed by atoms with van der Waals surface area (Å²) < 4.78 is 5.47. The van der Waals surface area contributed by atoms with E-state index >= 15 is 0 Å². The molecule has 0 radical (unpaired) electrons. The summed E-state index contributed by atoms with van der Waals surface area (Å²) in [7, 11) is 0. The van der Waals surface area contributed by atoms with Gasteiger partial charge in [0.1, 0.15) is 5.78 Å². The van der Waals surface area contributed by atoms with Crippen LogP contribution in [0.15, 0.2) is 41.9 Å². The van der Waals surface area contributed by atoms with E-state index < -0.39 is 5.41 Å². The van der Waals surface area contributed by atoms with Gasteiger partial charge in [0, 0.05) is 24.8 Å². The molecule has 20 heavy (non-hydrogen) atoms. The summed E-state index contributed by atoms with van der Waals surface area (Å²) in [4.78, 5) is 17.1. The summed E-state index contributed by atoms with van der Waals surface area (Å²) in [6, 6.07) is 10.1. The van der Waals surface area contributed by atoms with Gasteiger partial charge in [-0.1, -0.05) is 30.3 Å². The number of benzene rings is 1. The first kappa shape index (κ1) is 13.5. The molecule has 0 amide bonds. The molecule has 1 saturated heterocycles. The summed E-state index contributed by atoms with van der Waals surface area (Å²) in [5.41, 5.74) is 0.718. The number of hydrogen-bond acceptors (Lipinski definition) is 4. The van der Waals surface area contributed by atoms with E-state index in [9.17, 15) is 4.79 Å². The highest BCUT2D eigenvalue weighted by atomic mass is 32.1. The Bertz CT molecular complexity index is 559. The minimum Gasteiger partial charge on any atom is -0.381 e. The lowest BCUT2D eigenvalue weighted by Crippen LogP contribution is -2.42. The van der Waals surface area contributed by atoms with E-state index in [1.807, 2.05) is 23.6 Å². The van der Waals surface area contributed by atoms with Crippen LogP contribution in [0, 0.1) is 0 Å². The molecule has 2 heterocycles. The number of carbonyl (C=O) groups is 1. The van der Waals surface area contributed by atoms with Crippen molar-refractivity contribution < 1.29 is 9.53 Å². The summed E-state index contributed by atoms with van der Waals surface area (Å²) >= 11 is 1.55. The van der Waals surface area contributed by atoms with E-state index in [2.05, 4.69) is 17.1 Å². The lowest BCUT2D eigenvalue weighted by molar-refractivity contribution is -0.127. The van der Waals surface area contributed by atoms with E-state index in [-0.39, 0.29) is 5.78 Å². The first-order chi connectivity index (χ1) is 9.81. The van der Waals surface area contributed by atoms with Crippen LogP contribution >= 0.6 is 11.3 Å². The fourth-order valence-corrected chi connectivity index (χ4v) is 3.47. The fraction of sp³-hybridized carbons (Fsp3) is 0.375. The molecule has 1 aliphatic rings. The largest absolute Gasteiger partial charge is 0.381 e. The first-order valence-electron chi connectivity index (χ1n) is 6.86. The average Bonchev–Trinajstić information content (AvgIpc) is 3.02. The minimum atomic E-state index is -0.398.